The van der Waals surface area contributed by atoms with Gasteiger partial charge in [0.1, 0.15) is 0 Å². The minimum absolute atomic E-state index is 0.0340. The van der Waals surface area contributed by atoms with Crippen LogP contribution in [0.15, 0.2) is 29.2 Å². The third kappa shape index (κ3) is 7.11. The van der Waals surface area contributed by atoms with Gasteiger partial charge in [-0.3, -0.25) is 14.3 Å². The third-order valence-electron chi connectivity index (χ3n) is 7.82. The molecule has 0 radical (unpaired) electrons. The highest BCUT2D eigenvalue weighted by Gasteiger charge is 2.35. The Morgan fingerprint density at radius 3 is 2.56 bits per heavy atom. The molecule has 0 saturated heterocycles. The summed E-state index contributed by atoms with van der Waals surface area (Å²) in [5, 5.41) is 7.28. The van der Waals surface area contributed by atoms with Gasteiger partial charge in [0.25, 0.3) is 5.91 Å². The smallest absolute Gasteiger partial charge is 0.351 e. The first kappa shape index (κ1) is 31.0. The first-order valence-electron chi connectivity index (χ1n) is 14.1. The highest BCUT2D eigenvalue weighted by atomic mass is 32.2. The van der Waals surface area contributed by atoms with E-state index in [1.165, 1.54) is 0 Å². The van der Waals surface area contributed by atoms with Gasteiger partial charge < -0.3 is 10.2 Å². The van der Waals surface area contributed by atoms with E-state index >= 15 is 0 Å². The lowest BCUT2D eigenvalue weighted by molar-refractivity contribution is -0.137. The number of carbonyl (C=O) groups is 2. The van der Waals surface area contributed by atoms with E-state index in [1.54, 1.807) is 11.7 Å². The van der Waals surface area contributed by atoms with Crippen LogP contribution in [0.4, 0.5) is 13.2 Å². The van der Waals surface area contributed by atoms with Crippen molar-refractivity contribution < 1.29 is 31.2 Å². The van der Waals surface area contributed by atoms with Gasteiger partial charge in [0, 0.05) is 56.9 Å². The molecule has 1 aromatic heterocycles. The van der Waals surface area contributed by atoms with Crippen LogP contribution in [0, 0.1) is 5.92 Å². The van der Waals surface area contributed by atoms with Gasteiger partial charge >= 0.3 is 6.18 Å². The lowest BCUT2D eigenvalue weighted by Gasteiger charge is -2.35. The van der Waals surface area contributed by atoms with Crippen LogP contribution in [-0.4, -0.2) is 71.4 Å². The van der Waals surface area contributed by atoms with Crippen molar-refractivity contribution in [2.45, 2.75) is 75.9 Å². The van der Waals surface area contributed by atoms with E-state index in [4.69, 9.17) is 0 Å². The second-order valence-electron chi connectivity index (χ2n) is 11.2. The van der Waals surface area contributed by atoms with Crippen LogP contribution in [0.25, 0.3) is 0 Å². The van der Waals surface area contributed by atoms with Gasteiger partial charge in [-0.1, -0.05) is 19.9 Å². The first-order chi connectivity index (χ1) is 19.3. The van der Waals surface area contributed by atoms with Crippen LogP contribution < -0.4 is 5.32 Å². The number of hydrogen-bond acceptors (Lipinski definition) is 5. The van der Waals surface area contributed by atoms with Crippen LogP contribution in [0.3, 0.4) is 0 Å². The predicted molar refractivity (Wildman–Crippen MR) is 147 cm³/mol. The van der Waals surface area contributed by atoms with Crippen molar-refractivity contribution in [2.24, 2.45) is 13.0 Å². The molecule has 2 bridgehead atoms. The summed E-state index contributed by atoms with van der Waals surface area (Å²) in [4.78, 5) is 28.1. The highest BCUT2D eigenvalue weighted by Crippen LogP contribution is 2.32. The van der Waals surface area contributed by atoms with Crippen LogP contribution in [0.5, 0.6) is 0 Å². The van der Waals surface area contributed by atoms with Gasteiger partial charge in [-0.2, -0.15) is 22.6 Å². The van der Waals surface area contributed by atoms with E-state index in [0.29, 0.717) is 37.1 Å². The molecular formula is C28H38F3N5O4S. The van der Waals surface area contributed by atoms with E-state index in [-0.39, 0.29) is 56.8 Å². The lowest BCUT2D eigenvalue weighted by atomic mass is 9.89. The highest BCUT2D eigenvalue weighted by molar-refractivity contribution is 7.89. The fourth-order valence-electron chi connectivity index (χ4n) is 5.55. The molecule has 1 N–H and O–H groups in total. The monoisotopic (exact) mass is 597 g/mol. The van der Waals surface area contributed by atoms with Crippen molar-refractivity contribution in [3.63, 3.8) is 0 Å². The lowest BCUT2D eigenvalue weighted by Crippen LogP contribution is -2.45. The van der Waals surface area contributed by atoms with Crippen molar-refractivity contribution >= 4 is 21.8 Å². The van der Waals surface area contributed by atoms with Crippen molar-refractivity contribution in [1.82, 2.24) is 24.3 Å². The Kier molecular flexibility index (Phi) is 9.47. The van der Waals surface area contributed by atoms with E-state index in [2.05, 4.69) is 24.3 Å². The number of carbonyl (C=O) groups excluding carboxylic acids is 2. The molecule has 1 atom stereocenters. The average Bonchev–Trinajstić information content (AvgIpc) is 3.24. The Morgan fingerprint density at radius 1 is 1.12 bits per heavy atom. The average molecular weight is 598 g/mol. The van der Waals surface area contributed by atoms with E-state index < -0.39 is 26.7 Å². The Morgan fingerprint density at radius 2 is 1.85 bits per heavy atom. The van der Waals surface area contributed by atoms with Crippen LogP contribution in [-0.2, 0) is 40.9 Å². The number of fused-ring (bicyclic) bond motifs is 1. The zero-order valence-corrected chi connectivity index (χ0v) is 24.5. The minimum Gasteiger partial charge on any atom is -0.351 e. The number of nitrogens with zero attached hydrogens (tertiary/aromatic N) is 4. The van der Waals surface area contributed by atoms with Gasteiger partial charge in [0.05, 0.1) is 10.5 Å². The number of rotatable bonds is 5. The molecule has 9 nitrogen and oxygen atoms in total. The molecule has 13 heteroatoms. The number of halogens is 3. The van der Waals surface area contributed by atoms with Crippen molar-refractivity contribution in [1.29, 1.82) is 0 Å². The molecule has 4 rings (SSSR count). The Balaban J connectivity index is 1.63. The largest absolute Gasteiger partial charge is 0.416 e. The molecule has 1 aromatic carbocycles. The first-order valence-corrected chi connectivity index (χ1v) is 15.5. The fourth-order valence-corrected chi connectivity index (χ4v) is 7.12. The topological polar surface area (TPSA) is 105 Å². The van der Waals surface area contributed by atoms with Crippen LogP contribution in [0.1, 0.15) is 73.3 Å². The fraction of sp³-hybridized carbons (Fsp3) is 0.607. The van der Waals surface area contributed by atoms with Gasteiger partial charge in [-0.15, -0.1) is 0 Å². The quantitative estimate of drug-likeness (QED) is 0.565. The molecular weight excluding hydrogens is 559 g/mol. The number of benzene rings is 1. The standard InChI is InChI=1S/C28H38F3N5O4S/c1-19(2)12-16-36-21-10-11-24-23(18-21)26(33-34(24)3)27(38)32-13-6-15-35(14-5-9-25(36)37)41(39,40)22-8-4-7-20(17-22)28(29,30)31/h4,7-8,17,19,21H,5-6,9-16,18H2,1-3H3,(H,32,38). The molecule has 226 valence electrons. The summed E-state index contributed by atoms with van der Waals surface area (Å²) in [6, 6.07) is 3.55. The molecule has 2 aromatic rings. The molecule has 0 fully saturated rings. The summed E-state index contributed by atoms with van der Waals surface area (Å²) in [6.45, 7) is 4.79. The Bertz CT molecular complexity index is 1370. The molecule has 1 unspecified atom stereocenters. The number of amides is 2. The maximum absolute atomic E-state index is 13.6. The van der Waals surface area contributed by atoms with Crippen molar-refractivity contribution in [2.75, 3.05) is 26.2 Å². The van der Waals surface area contributed by atoms with E-state index in [9.17, 15) is 31.2 Å². The van der Waals surface area contributed by atoms with Gasteiger partial charge in [-0.05, 0) is 62.6 Å². The van der Waals surface area contributed by atoms with Crippen LogP contribution in [0.2, 0.25) is 0 Å². The van der Waals surface area contributed by atoms with Crippen molar-refractivity contribution in [3.8, 4) is 0 Å². The Labute approximate surface area is 239 Å². The van der Waals surface area contributed by atoms with Gasteiger partial charge in [0.2, 0.25) is 15.9 Å². The molecule has 1 aliphatic heterocycles. The summed E-state index contributed by atoms with van der Waals surface area (Å²) in [5.41, 5.74) is 1.08. The summed E-state index contributed by atoms with van der Waals surface area (Å²) in [7, 11) is -2.50. The van der Waals surface area contributed by atoms with E-state index in [0.717, 1.165) is 46.6 Å². The number of aryl methyl sites for hydroxylation is 1. The number of hydrogen-bond donors (Lipinski definition) is 1. The van der Waals surface area contributed by atoms with Crippen molar-refractivity contribution in [3.05, 3.63) is 46.8 Å². The molecule has 0 saturated carbocycles. The SMILES string of the molecule is CC(C)CCN1C(=O)CCCN(S(=O)(=O)c2cccc(C(F)(F)F)c2)CCCNC(=O)c2nn(C)c3c2CC1CC3. The van der Waals surface area contributed by atoms with Gasteiger partial charge in [-0.25, -0.2) is 8.42 Å². The molecule has 41 heavy (non-hydrogen) atoms. The molecule has 2 heterocycles. The second kappa shape index (κ2) is 12.5. The summed E-state index contributed by atoms with van der Waals surface area (Å²) < 4.78 is 69.7. The number of alkyl halides is 3. The zero-order valence-electron chi connectivity index (χ0n) is 23.7. The number of nitrogens with one attached hydrogen (secondary N) is 1. The molecule has 2 aliphatic rings. The predicted octanol–water partition coefficient (Wildman–Crippen LogP) is 3.78. The third-order valence-corrected chi connectivity index (χ3v) is 9.71. The Hall–Kier alpha value is -2.93. The summed E-state index contributed by atoms with van der Waals surface area (Å²) >= 11 is 0. The number of aromatic nitrogens is 2. The zero-order chi connectivity index (χ0) is 29.9. The molecule has 1 aliphatic carbocycles. The molecule has 2 amide bonds. The van der Waals surface area contributed by atoms with E-state index in [1.807, 2.05) is 4.90 Å². The van der Waals surface area contributed by atoms with Crippen LogP contribution >= 0.6 is 0 Å². The minimum atomic E-state index is -4.69. The molecule has 0 spiro atoms. The summed E-state index contributed by atoms with van der Waals surface area (Å²) in [5.74, 6) is -0.101. The summed E-state index contributed by atoms with van der Waals surface area (Å²) in [6.07, 6.45) is -1.40. The number of sulfonamides is 1. The maximum Gasteiger partial charge on any atom is 0.416 e. The maximum atomic E-state index is 13.6. The van der Waals surface area contributed by atoms with Gasteiger partial charge in [0.15, 0.2) is 5.69 Å². The second-order valence-corrected chi connectivity index (χ2v) is 13.1. The normalized spacial score (nSPS) is 20.1.